The van der Waals surface area contributed by atoms with E-state index in [0.29, 0.717) is 0 Å². The highest BCUT2D eigenvalue weighted by Gasteiger charge is 2.16. The van der Waals surface area contributed by atoms with E-state index in [-0.39, 0.29) is 18.7 Å². The van der Waals surface area contributed by atoms with Gasteiger partial charge in [0.05, 0.1) is 12.3 Å². The first kappa shape index (κ1) is 14.8. The van der Waals surface area contributed by atoms with Crippen LogP contribution in [0.4, 0.5) is 0 Å². The molecule has 0 aliphatic heterocycles. The third-order valence-corrected chi connectivity index (χ3v) is 3.55. The zero-order valence-electron chi connectivity index (χ0n) is 12.4. The standard InChI is InChI=1S/C16H23N3O/c1-12(16-10-19(3)18-13(16)2)17-15(11-20)9-14-7-5-4-6-8-14/h4-8,10,12,15,17,20H,9,11H2,1-3H3. The Kier molecular flexibility index (Phi) is 4.93. The van der Waals surface area contributed by atoms with Gasteiger partial charge in [-0.05, 0) is 25.8 Å². The summed E-state index contributed by atoms with van der Waals surface area (Å²) in [5.74, 6) is 0. The van der Waals surface area contributed by atoms with Crippen molar-refractivity contribution in [1.82, 2.24) is 15.1 Å². The molecule has 1 aromatic carbocycles. The Balaban J connectivity index is 2.01. The molecule has 2 aromatic rings. The molecule has 2 unspecified atom stereocenters. The lowest BCUT2D eigenvalue weighted by Crippen LogP contribution is -2.36. The number of nitrogens with zero attached hydrogens (tertiary/aromatic N) is 2. The number of hydrogen-bond acceptors (Lipinski definition) is 3. The van der Waals surface area contributed by atoms with Crippen LogP contribution in [0.3, 0.4) is 0 Å². The molecule has 0 bridgehead atoms. The summed E-state index contributed by atoms with van der Waals surface area (Å²) in [6, 6.07) is 10.5. The van der Waals surface area contributed by atoms with Gasteiger partial charge in [0.25, 0.3) is 0 Å². The molecule has 2 N–H and O–H groups in total. The molecule has 1 aromatic heterocycles. The maximum atomic E-state index is 9.57. The number of rotatable bonds is 6. The van der Waals surface area contributed by atoms with E-state index in [4.69, 9.17) is 0 Å². The van der Waals surface area contributed by atoms with Gasteiger partial charge in [-0.15, -0.1) is 0 Å². The van der Waals surface area contributed by atoms with Crippen LogP contribution in [-0.2, 0) is 13.5 Å². The van der Waals surface area contributed by atoms with Crippen LogP contribution in [0.2, 0.25) is 0 Å². The minimum absolute atomic E-state index is 0.0482. The van der Waals surface area contributed by atoms with Crippen molar-refractivity contribution < 1.29 is 5.11 Å². The van der Waals surface area contributed by atoms with Gasteiger partial charge in [-0.1, -0.05) is 30.3 Å². The second kappa shape index (κ2) is 6.68. The quantitative estimate of drug-likeness (QED) is 0.846. The van der Waals surface area contributed by atoms with Crippen molar-refractivity contribution >= 4 is 0 Å². The molecule has 0 saturated carbocycles. The van der Waals surface area contributed by atoms with E-state index in [1.165, 1.54) is 11.1 Å². The lowest BCUT2D eigenvalue weighted by Gasteiger charge is -2.21. The van der Waals surface area contributed by atoms with Crippen molar-refractivity contribution in [1.29, 1.82) is 0 Å². The van der Waals surface area contributed by atoms with Crippen molar-refractivity contribution in [3.63, 3.8) is 0 Å². The number of aryl methyl sites for hydroxylation is 2. The van der Waals surface area contributed by atoms with Crippen LogP contribution in [0.25, 0.3) is 0 Å². The predicted molar refractivity (Wildman–Crippen MR) is 80.5 cm³/mol. The van der Waals surface area contributed by atoms with Crippen LogP contribution in [0.5, 0.6) is 0 Å². The molecule has 2 rings (SSSR count). The summed E-state index contributed by atoms with van der Waals surface area (Å²) in [6.07, 6.45) is 2.85. The van der Waals surface area contributed by atoms with Gasteiger partial charge in [-0.25, -0.2) is 0 Å². The zero-order chi connectivity index (χ0) is 14.5. The molecular weight excluding hydrogens is 250 g/mol. The van der Waals surface area contributed by atoms with Crippen LogP contribution in [0.1, 0.15) is 29.8 Å². The van der Waals surface area contributed by atoms with E-state index >= 15 is 0 Å². The highest BCUT2D eigenvalue weighted by atomic mass is 16.3. The molecule has 0 aliphatic carbocycles. The van der Waals surface area contributed by atoms with E-state index in [1.807, 2.05) is 43.0 Å². The fraction of sp³-hybridized carbons (Fsp3) is 0.438. The third kappa shape index (κ3) is 3.68. The monoisotopic (exact) mass is 273 g/mol. The third-order valence-electron chi connectivity index (χ3n) is 3.55. The first-order valence-corrected chi connectivity index (χ1v) is 7.01. The zero-order valence-corrected chi connectivity index (χ0v) is 12.4. The maximum absolute atomic E-state index is 9.57. The summed E-state index contributed by atoms with van der Waals surface area (Å²) in [5.41, 5.74) is 3.44. The summed E-state index contributed by atoms with van der Waals surface area (Å²) < 4.78 is 1.83. The van der Waals surface area contributed by atoms with E-state index in [9.17, 15) is 5.11 Å². The molecule has 0 fully saturated rings. The van der Waals surface area contributed by atoms with Crippen LogP contribution in [0.15, 0.2) is 36.5 Å². The van der Waals surface area contributed by atoms with Crippen molar-refractivity contribution in [3.05, 3.63) is 53.3 Å². The van der Waals surface area contributed by atoms with Crippen LogP contribution < -0.4 is 5.32 Å². The average Bonchev–Trinajstić information content (AvgIpc) is 2.78. The Labute approximate surface area is 120 Å². The maximum Gasteiger partial charge on any atom is 0.0641 e. The fourth-order valence-corrected chi connectivity index (χ4v) is 2.56. The average molecular weight is 273 g/mol. The summed E-state index contributed by atoms with van der Waals surface area (Å²) in [6.45, 7) is 4.24. The number of benzene rings is 1. The Morgan fingerprint density at radius 2 is 2.00 bits per heavy atom. The summed E-state index contributed by atoms with van der Waals surface area (Å²) in [7, 11) is 1.93. The molecule has 0 amide bonds. The van der Waals surface area contributed by atoms with E-state index in [1.54, 1.807) is 0 Å². The van der Waals surface area contributed by atoms with Crippen molar-refractivity contribution in [2.24, 2.45) is 7.05 Å². The molecule has 2 atom stereocenters. The summed E-state index contributed by atoms with van der Waals surface area (Å²) >= 11 is 0. The first-order chi connectivity index (χ1) is 9.60. The normalized spacial score (nSPS) is 14.2. The molecular formula is C16H23N3O. The number of aliphatic hydroxyl groups excluding tert-OH is 1. The van der Waals surface area contributed by atoms with Crippen molar-refractivity contribution in [3.8, 4) is 0 Å². The molecule has 4 nitrogen and oxygen atoms in total. The van der Waals surface area contributed by atoms with Gasteiger partial charge in [0.15, 0.2) is 0 Å². The van der Waals surface area contributed by atoms with Crippen molar-refractivity contribution in [2.75, 3.05) is 6.61 Å². The van der Waals surface area contributed by atoms with E-state index in [2.05, 4.69) is 29.5 Å². The van der Waals surface area contributed by atoms with Crippen LogP contribution in [-0.4, -0.2) is 27.5 Å². The Hall–Kier alpha value is -1.65. The van der Waals surface area contributed by atoms with Gasteiger partial charge in [0.1, 0.15) is 0 Å². The molecule has 108 valence electrons. The summed E-state index contributed by atoms with van der Waals surface area (Å²) in [5, 5.41) is 17.4. The van der Waals surface area contributed by atoms with Gasteiger partial charge >= 0.3 is 0 Å². The molecule has 0 saturated heterocycles. The lowest BCUT2D eigenvalue weighted by atomic mass is 10.0. The van der Waals surface area contributed by atoms with Crippen LogP contribution >= 0.6 is 0 Å². The molecule has 0 aliphatic rings. The smallest absolute Gasteiger partial charge is 0.0641 e. The SMILES string of the molecule is Cc1nn(C)cc1C(C)NC(CO)Cc1ccccc1. The van der Waals surface area contributed by atoms with Crippen molar-refractivity contribution in [2.45, 2.75) is 32.4 Å². The molecule has 4 heteroatoms. The Bertz CT molecular complexity index is 536. The highest BCUT2D eigenvalue weighted by Crippen LogP contribution is 2.17. The highest BCUT2D eigenvalue weighted by molar-refractivity contribution is 5.20. The Morgan fingerprint density at radius 3 is 2.55 bits per heavy atom. The second-order valence-electron chi connectivity index (χ2n) is 5.30. The van der Waals surface area contributed by atoms with Gasteiger partial charge in [-0.3, -0.25) is 4.68 Å². The van der Waals surface area contributed by atoms with Gasteiger partial charge < -0.3 is 10.4 Å². The predicted octanol–water partition coefficient (Wildman–Crippen LogP) is 1.98. The summed E-state index contributed by atoms with van der Waals surface area (Å²) in [4.78, 5) is 0. The molecule has 20 heavy (non-hydrogen) atoms. The van der Waals surface area contributed by atoms with Gasteiger partial charge in [0, 0.05) is 30.9 Å². The molecule has 1 heterocycles. The fourth-order valence-electron chi connectivity index (χ4n) is 2.56. The minimum atomic E-state index is 0.0482. The Morgan fingerprint density at radius 1 is 1.30 bits per heavy atom. The molecule has 0 radical (unpaired) electrons. The largest absolute Gasteiger partial charge is 0.395 e. The minimum Gasteiger partial charge on any atom is -0.395 e. The van der Waals surface area contributed by atoms with Gasteiger partial charge in [0.2, 0.25) is 0 Å². The number of aromatic nitrogens is 2. The van der Waals surface area contributed by atoms with Crippen LogP contribution in [0, 0.1) is 6.92 Å². The van der Waals surface area contributed by atoms with E-state index < -0.39 is 0 Å². The number of nitrogens with one attached hydrogen (secondary N) is 1. The molecule has 0 spiro atoms. The topological polar surface area (TPSA) is 50.1 Å². The first-order valence-electron chi connectivity index (χ1n) is 7.01. The lowest BCUT2D eigenvalue weighted by molar-refractivity contribution is 0.232. The number of aliphatic hydroxyl groups is 1. The van der Waals surface area contributed by atoms with E-state index in [0.717, 1.165) is 12.1 Å². The second-order valence-corrected chi connectivity index (χ2v) is 5.30. The number of hydrogen-bond donors (Lipinski definition) is 2. The van der Waals surface area contributed by atoms with Gasteiger partial charge in [-0.2, -0.15) is 5.10 Å².